The standard InChI is InChI=1S/C18H21ClN2O4/c1-12-5-2-3-8-18(12)16(23)21(17(24)20-18)10-15(22)25-11-13-6-4-7-14(19)9-13/h4,6-7,9,12H,2-3,5,8,10-11H2,1H3,(H,20,24)/t12-,18-/m0/s1. The van der Waals surface area contributed by atoms with Crippen LogP contribution in [-0.4, -0.2) is 34.9 Å². The molecule has 3 rings (SSSR count). The van der Waals surface area contributed by atoms with Gasteiger partial charge in [-0.1, -0.05) is 43.5 Å². The van der Waals surface area contributed by atoms with Gasteiger partial charge in [-0.25, -0.2) is 4.79 Å². The molecule has 1 heterocycles. The first-order chi connectivity index (χ1) is 11.9. The van der Waals surface area contributed by atoms with E-state index in [-0.39, 0.29) is 25.0 Å². The molecule has 0 bridgehead atoms. The van der Waals surface area contributed by atoms with E-state index in [9.17, 15) is 14.4 Å². The number of ether oxygens (including phenoxy) is 1. The van der Waals surface area contributed by atoms with Crippen molar-refractivity contribution in [1.82, 2.24) is 10.2 Å². The number of esters is 1. The van der Waals surface area contributed by atoms with Crippen LogP contribution in [0.15, 0.2) is 24.3 Å². The highest BCUT2D eigenvalue weighted by Gasteiger charge is 2.55. The van der Waals surface area contributed by atoms with Gasteiger partial charge in [-0.2, -0.15) is 0 Å². The van der Waals surface area contributed by atoms with Crippen molar-refractivity contribution in [3.63, 3.8) is 0 Å². The summed E-state index contributed by atoms with van der Waals surface area (Å²) < 4.78 is 5.17. The quantitative estimate of drug-likeness (QED) is 0.658. The van der Waals surface area contributed by atoms with Crippen molar-refractivity contribution in [2.75, 3.05) is 6.54 Å². The van der Waals surface area contributed by atoms with Crippen LogP contribution in [0.25, 0.3) is 0 Å². The summed E-state index contributed by atoms with van der Waals surface area (Å²) in [4.78, 5) is 38.0. The Hall–Kier alpha value is -2.08. The fourth-order valence-corrected chi connectivity index (χ4v) is 3.82. The van der Waals surface area contributed by atoms with E-state index in [0.717, 1.165) is 29.7 Å². The first-order valence-corrected chi connectivity index (χ1v) is 8.84. The van der Waals surface area contributed by atoms with E-state index in [2.05, 4.69) is 5.32 Å². The number of hydrogen-bond donors (Lipinski definition) is 1. The fourth-order valence-electron chi connectivity index (χ4n) is 3.60. The molecule has 2 fully saturated rings. The van der Waals surface area contributed by atoms with Gasteiger partial charge in [0.1, 0.15) is 18.7 Å². The summed E-state index contributed by atoms with van der Waals surface area (Å²) in [6.45, 7) is 1.64. The summed E-state index contributed by atoms with van der Waals surface area (Å²) in [6, 6.07) is 6.45. The molecule has 1 N–H and O–H groups in total. The second kappa shape index (κ2) is 7.04. The summed E-state index contributed by atoms with van der Waals surface area (Å²) in [6.07, 6.45) is 3.45. The van der Waals surface area contributed by atoms with Gasteiger partial charge in [-0.05, 0) is 36.5 Å². The molecule has 1 saturated heterocycles. The Labute approximate surface area is 151 Å². The Bertz CT molecular complexity index is 708. The Morgan fingerprint density at radius 1 is 1.40 bits per heavy atom. The van der Waals surface area contributed by atoms with Crippen LogP contribution in [0, 0.1) is 5.92 Å². The largest absolute Gasteiger partial charge is 0.459 e. The molecule has 0 aromatic heterocycles. The van der Waals surface area contributed by atoms with Gasteiger partial charge < -0.3 is 10.1 Å². The summed E-state index contributed by atoms with van der Waals surface area (Å²) >= 11 is 5.89. The van der Waals surface area contributed by atoms with Crippen LogP contribution in [0.4, 0.5) is 4.79 Å². The number of rotatable bonds is 4. The number of imide groups is 1. The SMILES string of the molecule is C[C@H]1CCCC[C@]12NC(=O)N(CC(=O)OCc1cccc(Cl)c1)C2=O. The van der Waals surface area contributed by atoms with Crippen molar-refractivity contribution in [1.29, 1.82) is 0 Å². The molecule has 3 amide bonds. The minimum absolute atomic E-state index is 0.0462. The summed E-state index contributed by atoms with van der Waals surface area (Å²) in [5, 5.41) is 3.37. The molecule has 7 heteroatoms. The predicted molar refractivity (Wildman–Crippen MR) is 91.9 cm³/mol. The van der Waals surface area contributed by atoms with Gasteiger partial charge in [0.25, 0.3) is 5.91 Å². The summed E-state index contributed by atoms with van der Waals surface area (Å²) in [5.74, 6) is -0.876. The zero-order valence-electron chi connectivity index (χ0n) is 14.1. The molecular formula is C18H21ClN2O4. The lowest BCUT2D eigenvalue weighted by Gasteiger charge is -2.36. The highest BCUT2D eigenvalue weighted by atomic mass is 35.5. The first-order valence-electron chi connectivity index (χ1n) is 8.46. The van der Waals surface area contributed by atoms with Crippen LogP contribution in [-0.2, 0) is 20.9 Å². The van der Waals surface area contributed by atoms with Crippen molar-refractivity contribution >= 4 is 29.5 Å². The smallest absolute Gasteiger partial charge is 0.326 e. The third kappa shape index (κ3) is 3.49. The van der Waals surface area contributed by atoms with E-state index >= 15 is 0 Å². The number of carbonyl (C=O) groups excluding carboxylic acids is 3. The van der Waals surface area contributed by atoms with E-state index < -0.39 is 17.5 Å². The monoisotopic (exact) mass is 364 g/mol. The lowest BCUT2D eigenvalue weighted by Crippen LogP contribution is -2.54. The molecule has 6 nitrogen and oxygen atoms in total. The molecule has 1 saturated carbocycles. The van der Waals surface area contributed by atoms with Gasteiger partial charge in [0.05, 0.1) is 0 Å². The molecule has 0 unspecified atom stereocenters. The van der Waals surface area contributed by atoms with E-state index in [1.807, 2.05) is 6.92 Å². The Balaban J connectivity index is 1.61. The Morgan fingerprint density at radius 3 is 2.92 bits per heavy atom. The molecule has 1 aliphatic carbocycles. The lowest BCUT2D eigenvalue weighted by atomic mass is 9.73. The Morgan fingerprint density at radius 2 is 2.20 bits per heavy atom. The Kier molecular flexibility index (Phi) is 4.99. The zero-order valence-corrected chi connectivity index (χ0v) is 14.8. The molecule has 1 aromatic carbocycles. The maximum atomic E-state index is 12.8. The second-order valence-electron chi connectivity index (χ2n) is 6.73. The number of carbonyl (C=O) groups is 3. The average molecular weight is 365 g/mol. The van der Waals surface area contributed by atoms with E-state index in [0.29, 0.717) is 11.4 Å². The molecule has 1 aliphatic heterocycles. The van der Waals surface area contributed by atoms with Crippen LogP contribution in [0.2, 0.25) is 5.02 Å². The summed E-state index contributed by atoms with van der Waals surface area (Å²) in [7, 11) is 0. The molecule has 1 spiro atoms. The van der Waals surface area contributed by atoms with Crippen molar-refractivity contribution < 1.29 is 19.1 Å². The summed E-state index contributed by atoms with van der Waals surface area (Å²) in [5.41, 5.74) is -0.113. The molecular weight excluding hydrogens is 344 g/mol. The van der Waals surface area contributed by atoms with Crippen molar-refractivity contribution in [2.24, 2.45) is 5.92 Å². The van der Waals surface area contributed by atoms with E-state index in [1.54, 1.807) is 24.3 Å². The number of nitrogens with zero attached hydrogens (tertiary/aromatic N) is 1. The third-order valence-corrected chi connectivity index (χ3v) is 5.31. The van der Waals surface area contributed by atoms with Gasteiger partial charge >= 0.3 is 12.0 Å². The van der Waals surface area contributed by atoms with Gasteiger partial charge in [0.2, 0.25) is 0 Å². The van der Waals surface area contributed by atoms with Crippen LogP contribution < -0.4 is 5.32 Å². The van der Waals surface area contributed by atoms with Gasteiger partial charge in [-0.3, -0.25) is 14.5 Å². The van der Waals surface area contributed by atoms with Crippen LogP contribution in [0.3, 0.4) is 0 Å². The normalized spacial score (nSPS) is 26.0. The van der Waals surface area contributed by atoms with Gasteiger partial charge in [-0.15, -0.1) is 0 Å². The minimum Gasteiger partial charge on any atom is -0.459 e. The van der Waals surface area contributed by atoms with Crippen molar-refractivity contribution in [2.45, 2.75) is 44.8 Å². The lowest BCUT2D eigenvalue weighted by molar-refractivity contribution is -0.149. The molecule has 134 valence electrons. The first kappa shape index (κ1) is 17.7. The van der Waals surface area contributed by atoms with Crippen LogP contribution in [0.1, 0.15) is 38.2 Å². The predicted octanol–water partition coefficient (Wildman–Crippen LogP) is 2.88. The van der Waals surface area contributed by atoms with Gasteiger partial charge in [0, 0.05) is 5.02 Å². The maximum absolute atomic E-state index is 12.8. The molecule has 2 aliphatic rings. The fraction of sp³-hybridized carbons (Fsp3) is 0.500. The van der Waals surface area contributed by atoms with Crippen LogP contribution in [0.5, 0.6) is 0 Å². The van der Waals surface area contributed by atoms with Crippen molar-refractivity contribution in [3.05, 3.63) is 34.9 Å². The number of hydrogen-bond acceptors (Lipinski definition) is 4. The number of amides is 3. The van der Waals surface area contributed by atoms with Gasteiger partial charge in [0.15, 0.2) is 0 Å². The molecule has 25 heavy (non-hydrogen) atoms. The second-order valence-corrected chi connectivity index (χ2v) is 7.17. The van der Waals surface area contributed by atoms with Crippen molar-refractivity contribution in [3.8, 4) is 0 Å². The average Bonchev–Trinajstić information content (AvgIpc) is 2.81. The molecule has 2 atom stereocenters. The van der Waals surface area contributed by atoms with E-state index in [4.69, 9.17) is 16.3 Å². The van der Waals surface area contributed by atoms with E-state index in [1.165, 1.54) is 0 Å². The molecule has 1 aromatic rings. The zero-order chi connectivity index (χ0) is 18.0. The highest BCUT2D eigenvalue weighted by Crippen LogP contribution is 2.38. The number of nitrogens with one attached hydrogen (secondary N) is 1. The topological polar surface area (TPSA) is 75.7 Å². The highest BCUT2D eigenvalue weighted by molar-refractivity contribution is 6.30. The third-order valence-electron chi connectivity index (χ3n) is 5.08. The van der Waals surface area contributed by atoms with Crippen LogP contribution >= 0.6 is 11.6 Å². The number of urea groups is 1. The number of benzene rings is 1. The molecule has 0 radical (unpaired) electrons. The minimum atomic E-state index is -0.859. The maximum Gasteiger partial charge on any atom is 0.326 e. The number of halogens is 1.